The standard InChI is InChI=1S/C16H29N3O.ClH/c20-16(14-5-3-1-2-4-6-14)19-10-7-15(13-19)18-11-8-17-9-12-18;/h14-15,17H,1-13H2;1H. The van der Waals surface area contributed by atoms with Crippen LogP contribution in [0.5, 0.6) is 0 Å². The van der Waals surface area contributed by atoms with E-state index in [0.29, 0.717) is 17.9 Å². The number of nitrogens with zero attached hydrogens (tertiary/aromatic N) is 2. The normalized spacial score (nSPS) is 29.0. The van der Waals surface area contributed by atoms with Crippen molar-refractivity contribution in [3.05, 3.63) is 0 Å². The summed E-state index contributed by atoms with van der Waals surface area (Å²) in [6.07, 6.45) is 8.61. The Kier molecular flexibility index (Phi) is 6.77. The monoisotopic (exact) mass is 315 g/mol. The Morgan fingerprint density at radius 3 is 2.24 bits per heavy atom. The van der Waals surface area contributed by atoms with Crippen molar-refractivity contribution in [3.8, 4) is 0 Å². The molecule has 1 N–H and O–H groups in total. The number of carbonyl (C=O) groups excluding carboxylic acids is 1. The summed E-state index contributed by atoms with van der Waals surface area (Å²) in [7, 11) is 0. The zero-order chi connectivity index (χ0) is 13.8. The Labute approximate surface area is 135 Å². The van der Waals surface area contributed by atoms with Crippen molar-refractivity contribution < 1.29 is 4.79 Å². The largest absolute Gasteiger partial charge is 0.341 e. The van der Waals surface area contributed by atoms with Crippen LogP contribution in [0.4, 0.5) is 0 Å². The quantitative estimate of drug-likeness (QED) is 0.790. The van der Waals surface area contributed by atoms with Crippen molar-refractivity contribution in [1.82, 2.24) is 15.1 Å². The highest BCUT2D eigenvalue weighted by atomic mass is 35.5. The van der Waals surface area contributed by atoms with E-state index >= 15 is 0 Å². The van der Waals surface area contributed by atoms with Gasteiger partial charge in [-0.25, -0.2) is 0 Å². The van der Waals surface area contributed by atoms with Gasteiger partial charge in [-0.3, -0.25) is 9.69 Å². The van der Waals surface area contributed by atoms with Gasteiger partial charge in [0.05, 0.1) is 0 Å². The molecule has 2 aliphatic heterocycles. The first-order valence-corrected chi connectivity index (χ1v) is 8.58. The summed E-state index contributed by atoms with van der Waals surface area (Å²) in [5, 5.41) is 3.41. The van der Waals surface area contributed by atoms with Gasteiger partial charge < -0.3 is 10.2 Å². The highest BCUT2D eigenvalue weighted by Gasteiger charge is 2.33. The van der Waals surface area contributed by atoms with Gasteiger partial charge in [0.2, 0.25) is 5.91 Å². The molecule has 3 rings (SSSR count). The van der Waals surface area contributed by atoms with Crippen LogP contribution in [0.1, 0.15) is 44.9 Å². The summed E-state index contributed by atoms with van der Waals surface area (Å²) >= 11 is 0. The van der Waals surface area contributed by atoms with E-state index in [-0.39, 0.29) is 12.4 Å². The summed E-state index contributed by atoms with van der Waals surface area (Å²) in [6, 6.07) is 0.617. The van der Waals surface area contributed by atoms with Crippen LogP contribution in [0, 0.1) is 5.92 Å². The van der Waals surface area contributed by atoms with Crippen LogP contribution in [0.15, 0.2) is 0 Å². The molecule has 1 amide bonds. The van der Waals surface area contributed by atoms with Crippen molar-refractivity contribution in [3.63, 3.8) is 0 Å². The van der Waals surface area contributed by atoms with Crippen LogP contribution in [0.3, 0.4) is 0 Å². The van der Waals surface area contributed by atoms with Gasteiger partial charge in [0, 0.05) is 51.2 Å². The first-order chi connectivity index (χ1) is 9.84. The minimum Gasteiger partial charge on any atom is -0.341 e. The summed E-state index contributed by atoms with van der Waals surface area (Å²) in [6.45, 7) is 6.48. The Hall–Kier alpha value is -0.320. The number of hydrogen-bond donors (Lipinski definition) is 1. The maximum absolute atomic E-state index is 12.7. The van der Waals surface area contributed by atoms with E-state index in [4.69, 9.17) is 0 Å². The summed E-state index contributed by atoms with van der Waals surface area (Å²) in [5.41, 5.74) is 0. The van der Waals surface area contributed by atoms with E-state index in [9.17, 15) is 4.79 Å². The molecule has 3 aliphatic rings. The Morgan fingerprint density at radius 1 is 0.905 bits per heavy atom. The lowest BCUT2D eigenvalue weighted by molar-refractivity contribution is -0.135. The fraction of sp³-hybridized carbons (Fsp3) is 0.938. The fourth-order valence-corrected chi connectivity index (χ4v) is 4.07. The van der Waals surface area contributed by atoms with Crippen molar-refractivity contribution in [2.24, 2.45) is 5.92 Å². The molecule has 1 saturated carbocycles. The third-order valence-corrected chi connectivity index (χ3v) is 5.35. The van der Waals surface area contributed by atoms with Gasteiger partial charge in [0.1, 0.15) is 0 Å². The molecule has 0 spiro atoms. The smallest absolute Gasteiger partial charge is 0.225 e. The fourth-order valence-electron chi connectivity index (χ4n) is 4.07. The average Bonchev–Trinajstić information content (AvgIpc) is 2.83. The molecule has 0 bridgehead atoms. The molecular weight excluding hydrogens is 286 g/mol. The zero-order valence-electron chi connectivity index (χ0n) is 13.1. The lowest BCUT2D eigenvalue weighted by Gasteiger charge is -2.32. The maximum atomic E-state index is 12.7. The van der Waals surface area contributed by atoms with Crippen molar-refractivity contribution >= 4 is 18.3 Å². The number of piperazine rings is 1. The molecule has 1 unspecified atom stereocenters. The molecule has 4 nitrogen and oxygen atoms in total. The number of rotatable bonds is 2. The van der Waals surface area contributed by atoms with Gasteiger partial charge in [0.15, 0.2) is 0 Å². The molecule has 0 aromatic carbocycles. The molecule has 21 heavy (non-hydrogen) atoms. The number of amides is 1. The van der Waals surface area contributed by atoms with Gasteiger partial charge in [0.25, 0.3) is 0 Å². The Morgan fingerprint density at radius 2 is 1.57 bits per heavy atom. The van der Waals surface area contributed by atoms with Crippen LogP contribution < -0.4 is 5.32 Å². The first kappa shape index (κ1) is 17.0. The van der Waals surface area contributed by atoms with Gasteiger partial charge in [-0.05, 0) is 19.3 Å². The van der Waals surface area contributed by atoms with E-state index in [1.54, 1.807) is 0 Å². The molecule has 0 aromatic rings. The third-order valence-electron chi connectivity index (χ3n) is 5.35. The predicted molar refractivity (Wildman–Crippen MR) is 87.9 cm³/mol. The Bertz CT molecular complexity index is 325. The van der Waals surface area contributed by atoms with Gasteiger partial charge in [-0.2, -0.15) is 0 Å². The zero-order valence-corrected chi connectivity index (χ0v) is 13.9. The van der Waals surface area contributed by atoms with Gasteiger partial charge in [-0.15, -0.1) is 12.4 Å². The molecule has 1 atom stereocenters. The second-order valence-corrected chi connectivity index (χ2v) is 6.70. The van der Waals surface area contributed by atoms with Gasteiger partial charge in [-0.1, -0.05) is 25.7 Å². The number of carbonyl (C=O) groups is 1. The van der Waals surface area contributed by atoms with Crippen LogP contribution >= 0.6 is 12.4 Å². The molecule has 0 aromatic heterocycles. The second-order valence-electron chi connectivity index (χ2n) is 6.70. The number of likely N-dealkylation sites (tertiary alicyclic amines) is 1. The minimum absolute atomic E-state index is 0. The molecule has 2 saturated heterocycles. The molecule has 0 radical (unpaired) electrons. The second kappa shape index (κ2) is 8.35. The van der Waals surface area contributed by atoms with E-state index < -0.39 is 0 Å². The van der Waals surface area contributed by atoms with Gasteiger partial charge >= 0.3 is 0 Å². The van der Waals surface area contributed by atoms with E-state index in [1.807, 2.05) is 0 Å². The number of nitrogens with one attached hydrogen (secondary N) is 1. The lowest BCUT2D eigenvalue weighted by Crippen LogP contribution is -2.49. The minimum atomic E-state index is 0. The van der Waals surface area contributed by atoms with Crippen LogP contribution in [0.25, 0.3) is 0 Å². The van der Waals surface area contributed by atoms with E-state index in [0.717, 1.165) is 52.1 Å². The van der Waals surface area contributed by atoms with Crippen molar-refractivity contribution in [1.29, 1.82) is 0 Å². The summed E-state index contributed by atoms with van der Waals surface area (Å²) < 4.78 is 0. The van der Waals surface area contributed by atoms with E-state index in [2.05, 4.69) is 15.1 Å². The molecule has 3 fully saturated rings. The number of hydrogen-bond acceptors (Lipinski definition) is 3. The van der Waals surface area contributed by atoms with Crippen LogP contribution in [0.2, 0.25) is 0 Å². The molecule has 122 valence electrons. The SMILES string of the molecule is Cl.O=C(C1CCCCCC1)N1CCC(N2CCNCC2)C1. The Balaban J connectivity index is 0.00000161. The van der Waals surface area contributed by atoms with Crippen LogP contribution in [-0.4, -0.2) is 61.0 Å². The average molecular weight is 316 g/mol. The van der Waals surface area contributed by atoms with Crippen molar-refractivity contribution in [2.75, 3.05) is 39.3 Å². The van der Waals surface area contributed by atoms with E-state index in [1.165, 1.54) is 32.1 Å². The molecule has 1 aliphatic carbocycles. The highest BCUT2D eigenvalue weighted by Crippen LogP contribution is 2.27. The topological polar surface area (TPSA) is 35.6 Å². The molecule has 2 heterocycles. The number of halogens is 1. The molecular formula is C16H30ClN3O. The summed E-state index contributed by atoms with van der Waals surface area (Å²) in [4.78, 5) is 17.4. The summed E-state index contributed by atoms with van der Waals surface area (Å²) in [5.74, 6) is 0.795. The van der Waals surface area contributed by atoms with Crippen LogP contribution in [-0.2, 0) is 4.79 Å². The first-order valence-electron chi connectivity index (χ1n) is 8.58. The maximum Gasteiger partial charge on any atom is 0.225 e. The lowest BCUT2D eigenvalue weighted by atomic mass is 9.99. The highest BCUT2D eigenvalue weighted by molar-refractivity contribution is 5.85. The molecule has 5 heteroatoms. The predicted octanol–water partition coefficient (Wildman–Crippen LogP) is 1.88. The van der Waals surface area contributed by atoms with Crippen molar-refractivity contribution in [2.45, 2.75) is 51.0 Å². The third kappa shape index (κ3) is 4.33.